The van der Waals surface area contributed by atoms with Gasteiger partial charge in [0, 0.05) is 31.3 Å². The van der Waals surface area contributed by atoms with Crippen LogP contribution in [-0.4, -0.2) is 30.5 Å². The van der Waals surface area contributed by atoms with Gasteiger partial charge in [0.25, 0.3) is 11.6 Å². The second-order valence-corrected chi connectivity index (χ2v) is 5.97. The van der Waals surface area contributed by atoms with Gasteiger partial charge < -0.3 is 10.2 Å². The Morgan fingerprint density at radius 1 is 1.26 bits per heavy atom. The molecule has 0 bridgehead atoms. The molecule has 1 aromatic carbocycles. The highest BCUT2D eigenvalue weighted by Gasteiger charge is 2.22. The van der Waals surface area contributed by atoms with Crippen molar-refractivity contribution in [2.24, 2.45) is 0 Å². The minimum absolute atomic E-state index is 0.0232. The van der Waals surface area contributed by atoms with Crippen LogP contribution in [0.3, 0.4) is 0 Å². The van der Waals surface area contributed by atoms with Crippen LogP contribution in [0, 0.1) is 10.1 Å². The van der Waals surface area contributed by atoms with Crippen LogP contribution in [0.4, 0.5) is 11.4 Å². The Balaban J connectivity index is 2.20. The zero-order chi connectivity index (χ0) is 16.7. The average Bonchev–Trinajstić information content (AvgIpc) is 2.83. The summed E-state index contributed by atoms with van der Waals surface area (Å²) in [5.74, 6) is -0.246. The Morgan fingerprint density at radius 2 is 1.96 bits per heavy atom. The summed E-state index contributed by atoms with van der Waals surface area (Å²) in [6.45, 7) is 4.32. The number of nitro groups is 1. The molecule has 1 saturated heterocycles. The van der Waals surface area contributed by atoms with E-state index < -0.39 is 0 Å². The fraction of sp³-hybridized carbons (Fsp3) is 0.588. The molecule has 1 aliphatic heterocycles. The van der Waals surface area contributed by atoms with Gasteiger partial charge in [-0.25, -0.2) is 0 Å². The summed E-state index contributed by atoms with van der Waals surface area (Å²) in [4.78, 5) is 25.2. The van der Waals surface area contributed by atoms with Gasteiger partial charge in [0.1, 0.15) is 5.69 Å². The maximum Gasteiger partial charge on any atom is 0.293 e. The van der Waals surface area contributed by atoms with Crippen LogP contribution in [0.15, 0.2) is 18.2 Å². The molecule has 0 radical (unpaired) electrons. The van der Waals surface area contributed by atoms with Crippen molar-refractivity contribution in [3.8, 4) is 0 Å². The van der Waals surface area contributed by atoms with Crippen LogP contribution in [0.25, 0.3) is 0 Å². The summed E-state index contributed by atoms with van der Waals surface area (Å²) >= 11 is 0. The molecule has 23 heavy (non-hydrogen) atoms. The molecule has 6 heteroatoms. The number of anilines is 1. The molecule has 0 aliphatic carbocycles. The van der Waals surface area contributed by atoms with Crippen LogP contribution >= 0.6 is 0 Å². The van der Waals surface area contributed by atoms with Gasteiger partial charge in [-0.15, -0.1) is 0 Å². The van der Waals surface area contributed by atoms with Gasteiger partial charge in [0.2, 0.25) is 0 Å². The summed E-state index contributed by atoms with van der Waals surface area (Å²) in [7, 11) is 0. The van der Waals surface area contributed by atoms with Crippen molar-refractivity contribution in [2.45, 2.75) is 45.4 Å². The summed E-state index contributed by atoms with van der Waals surface area (Å²) in [5.41, 5.74) is 1.00. The highest BCUT2D eigenvalue weighted by molar-refractivity contribution is 5.95. The van der Waals surface area contributed by atoms with Crippen LogP contribution in [0.2, 0.25) is 0 Å². The first-order valence-electron chi connectivity index (χ1n) is 8.45. The molecule has 126 valence electrons. The number of carbonyl (C=O) groups excluding carboxylic acids is 1. The molecule has 1 fully saturated rings. The second-order valence-electron chi connectivity index (χ2n) is 5.97. The van der Waals surface area contributed by atoms with Crippen LogP contribution in [0.5, 0.6) is 0 Å². The third-order valence-electron chi connectivity index (χ3n) is 4.20. The molecule has 1 amide bonds. The zero-order valence-electron chi connectivity index (χ0n) is 13.7. The Hall–Kier alpha value is -2.11. The van der Waals surface area contributed by atoms with Gasteiger partial charge in [-0.2, -0.15) is 0 Å². The first-order chi connectivity index (χ1) is 11.1. The van der Waals surface area contributed by atoms with Crippen LogP contribution in [-0.2, 0) is 0 Å². The molecule has 0 saturated carbocycles. The lowest BCUT2D eigenvalue weighted by Crippen LogP contribution is -2.26. The standard InChI is InChI=1S/C17H25N3O3/c1-2-3-10-18-17(21)14-8-9-15(16(13-14)20(22)23)19-11-6-4-5-7-12-19/h8-9,13H,2-7,10-12H2,1H3,(H,18,21). The number of carbonyl (C=O) groups is 1. The molecule has 0 aromatic heterocycles. The summed E-state index contributed by atoms with van der Waals surface area (Å²) < 4.78 is 0. The van der Waals surface area contributed by atoms with Crippen LogP contribution in [0.1, 0.15) is 55.8 Å². The van der Waals surface area contributed by atoms with E-state index in [-0.39, 0.29) is 16.5 Å². The fourth-order valence-corrected chi connectivity index (χ4v) is 2.87. The van der Waals surface area contributed by atoms with Crippen molar-refractivity contribution in [1.29, 1.82) is 0 Å². The van der Waals surface area contributed by atoms with Crippen molar-refractivity contribution in [1.82, 2.24) is 5.32 Å². The van der Waals surface area contributed by atoms with E-state index >= 15 is 0 Å². The van der Waals surface area contributed by atoms with E-state index in [1.165, 1.54) is 18.9 Å². The molecule has 0 spiro atoms. The maximum atomic E-state index is 12.1. The third-order valence-corrected chi connectivity index (χ3v) is 4.20. The largest absolute Gasteiger partial charge is 0.366 e. The van der Waals surface area contributed by atoms with Crippen LogP contribution < -0.4 is 10.2 Å². The number of hydrogen-bond acceptors (Lipinski definition) is 4. The predicted octanol–water partition coefficient (Wildman–Crippen LogP) is 3.51. The average molecular weight is 319 g/mol. The van der Waals surface area contributed by atoms with Crippen molar-refractivity contribution < 1.29 is 9.72 Å². The second kappa shape index (κ2) is 8.50. The predicted molar refractivity (Wildman–Crippen MR) is 91.0 cm³/mol. The molecule has 6 nitrogen and oxygen atoms in total. The Bertz CT molecular complexity index is 552. The maximum absolute atomic E-state index is 12.1. The minimum Gasteiger partial charge on any atom is -0.366 e. The van der Waals surface area contributed by atoms with Crippen molar-refractivity contribution >= 4 is 17.3 Å². The molecule has 2 rings (SSSR count). The number of nitrogens with one attached hydrogen (secondary N) is 1. The molecule has 1 N–H and O–H groups in total. The lowest BCUT2D eigenvalue weighted by molar-refractivity contribution is -0.384. The van der Waals surface area contributed by atoms with E-state index in [0.29, 0.717) is 17.8 Å². The number of hydrogen-bond donors (Lipinski definition) is 1. The molecular formula is C17H25N3O3. The van der Waals surface area contributed by atoms with Gasteiger partial charge in [0.15, 0.2) is 0 Å². The minimum atomic E-state index is -0.386. The van der Waals surface area contributed by atoms with Crippen molar-refractivity contribution in [3.05, 3.63) is 33.9 Å². The number of nitrogens with zero attached hydrogens (tertiary/aromatic N) is 2. The summed E-state index contributed by atoms with van der Waals surface area (Å²) in [6.07, 6.45) is 6.34. The van der Waals surface area contributed by atoms with Crippen molar-refractivity contribution in [2.75, 3.05) is 24.5 Å². The zero-order valence-corrected chi connectivity index (χ0v) is 13.7. The lowest BCUT2D eigenvalue weighted by Gasteiger charge is -2.22. The topological polar surface area (TPSA) is 75.5 Å². The number of unbranched alkanes of at least 4 members (excludes halogenated alkanes) is 1. The molecule has 1 aromatic rings. The monoisotopic (exact) mass is 319 g/mol. The summed E-state index contributed by atoms with van der Waals surface area (Å²) in [5, 5.41) is 14.2. The molecule has 1 heterocycles. The van der Waals surface area contributed by atoms with E-state index in [1.807, 2.05) is 6.92 Å². The quantitative estimate of drug-likeness (QED) is 0.494. The fourth-order valence-electron chi connectivity index (χ4n) is 2.87. The van der Waals surface area contributed by atoms with Crippen molar-refractivity contribution in [3.63, 3.8) is 0 Å². The molecule has 0 unspecified atom stereocenters. The van der Waals surface area contributed by atoms with E-state index in [0.717, 1.165) is 38.8 Å². The van der Waals surface area contributed by atoms with Gasteiger partial charge in [-0.1, -0.05) is 26.2 Å². The van der Waals surface area contributed by atoms with E-state index in [1.54, 1.807) is 12.1 Å². The third kappa shape index (κ3) is 4.68. The Morgan fingerprint density at radius 3 is 2.57 bits per heavy atom. The van der Waals surface area contributed by atoms with Gasteiger partial charge >= 0.3 is 0 Å². The van der Waals surface area contributed by atoms with E-state index in [4.69, 9.17) is 0 Å². The van der Waals surface area contributed by atoms with E-state index in [9.17, 15) is 14.9 Å². The lowest BCUT2D eigenvalue weighted by atomic mass is 10.1. The Labute approximate surface area is 137 Å². The SMILES string of the molecule is CCCCNC(=O)c1ccc(N2CCCCCC2)c([N+](=O)[O-])c1. The van der Waals surface area contributed by atoms with Gasteiger partial charge in [0.05, 0.1) is 4.92 Å². The summed E-state index contributed by atoms with van der Waals surface area (Å²) in [6, 6.07) is 4.81. The molecule has 1 aliphatic rings. The smallest absolute Gasteiger partial charge is 0.293 e. The number of rotatable bonds is 6. The first kappa shape index (κ1) is 17.2. The molecular weight excluding hydrogens is 294 g/mol. The first-order valence-corrected chi connectivity index (χ1v) is 8.45. The molecule has 0 atom stereocenters. The highest BCUT2D eigenvalue weighted by Crippen LogP contribution is 2.31. The number of amides is 1. The Kier molecular flexibility index (Phi) is 6.38. The normalized spacial score (nSPS) is 15.1. The number of nitro benzene ring substituents is 1. The number of benzene rings is 1. The van der Waals surface area contributed by atoms with Gasteiger partial charge in [-0.05, 0) is 31.4 Å². The van der Waals surface area contributed by atoms with Gasteiger partial charge in [-0.3, -0.25) is 14.9 Å². The highest BCUT2D eigenvalue weighted by atomic mass is 16.6. The van der Waals surface area contributed by atoms with E-state index in [2.05, 4.69) is 10.2 Å².